The Morgan fingerprint density at radius 2 is 1.68 bits per heavy atom. The van der Waals surface area contributed by atoms with Gasteiger partial charge in [-0.05, 0) is 78.1 Å². The normalized spacial score (nSPS) is 11.8. The molecule has 1 aromatic carbocycles. The van der Waals surface area contributed by atoms with Crippen molar-refractivity contribution < 1.29 is 4.79 Å². The number of pyridine rings is 1. The molecule has 0 spiro atoms. The number of benzene rings is 1. The van der Waals surface area contributed by atoms with Crippen LogP contribution >= 0.6 is 0 Å². The molecule has 0 aliphatic carbocycles. The van der Waals surface area contributed by atoms with Gasteiger partial charge in [-0.15, -0.1) is 0 Å². The zero-order valence-corrected chi connectivity index (χ0v) is 18.0. The molecular formula is C23H30N4O. The predicted octanol–water partition coefficient (Wildman–Crippen LogP) is 4.50. The van der Waals surface area contributed by atoms with Gasteiger partial charge in [-0.25, -0.2) is 9.67 Å². The van der Waals surface area contributed by atoms with Crippen LogP contribution in [0.25, 0.3) is 16.7 Å². The second-order valence-electron chi connectivity index (χ2n) is 8.63. The average Bonchev–Trinajstić information content (AvgIpc) is 2.90. The molecule has 0 unspecified atom stereocenters. The predicted molar refractivity (Wildman–Crippen MR) is 114 cm³/mol. The van der Waals surface area contributed by atoms with Crippen LogP contribution in [0.5, 0.6) is 0 Å². The summed E-state index contributed by atoms with van der Waals surface area (Å²) in [6.07, 6.45) is 1.13. The van der Waals surface area contributed by atoms with Crippen LogP contribution in [-0.4, -0.2) is 26.2 Å². The number of carbonyl (C=O) groups excluding carboxylic acids is 1. The molecule has 0 radical (unpaired) electrons. The molecule has 3 aromatic rings. The molecule has 0 atom stereocenters. The molecule has 0 aliphatic heterocycles. The number of nitrogens with zero attached hydrogens (tertiary/aromatic N) is 3. The molecule has 5 heteroatoms. The Labute approximate surface area is 167 Å². The molecule has 148 valence electrons. The first-order chi connectivity index (χ1) is 13.1. The van der Waals surface area contributed by atoms with Gasteiger partial charge in [0.15, 0.2) is 5.65 Å². The third-order valence-electron chi connectivity index (χ3n) is 4.97. The maximum Gasteiger partial charge on any atom is 0.220 e. The van der Waals surface area contributed by atoms with Crippen molar-refractivity contribution in [2.24, 2.45) is 0 Å². The van der Waals surface area contributed by atoms with Crippen molar-refractivity contribution in [2.45, 2.75) is 66.8 Å². The number of hydrogen-bond donors (Lipinski definition) is 1. The molecule has 1 N–H and O–H groups in total. The van der Waals surface area contributed by atoms with Gasteiger partial charge in [-0.1, -0.05) is 17.7 Å². The summed E-state index contributed by atoms with van der Waals surface area (Å²) in [5.41, 5.74) is 7.11. The van der Waals surface area contributed by atoms with Crippen LogP contribution in [0.1, 0.15) is 55.3 Å². The molecule has 2 aromatic heterocycles. The number of carbonyl (C=O) groups is 1. The molecule has 3 rings (SSSR count). The van der Waals surface area contributed by atoms with E-state index in [4.69, 9.17) is 10.1 Å². The molecule has 0 fully saturated rings. The van der Waals surface area contributed by atoms with E-state index in [-0.39, 0.29) is 11.4 Å². The standard InChI is InChI=1S/C23H30N4O/c1-14-8-10-18(11-9-14)27-22-21(17(4)26-27)15(2)19(16(3)24-22)12-13-20(28)25-23(5,6)7/h8-11H,12-13H2,1-7H3,(H,25,28). The van der Waals surface area contributed by atoms with E-state index < -0.39 is 0 Å². The monoisotopic (exact) mass is 378 g/mol. The fourth-order valence-electron chi connectivity index (χ4n) is 3.66. The molecular weight excluding hydrogens is 348 g/mol. The van der Waals surface area contributed by atoms with E-state index in [0.717, 1.165) is 33.7 Å². The van der Waals surface area contributed by atoms with Gasteiger partial charge in [0, 0.05) is 23.0 Å². The minimum atomic E-state index is -0.213. The zero-order valence-electron chi connectivity index (χ0n) is 18.0. The van der Waals surface area contributed by atoms with Crippen LogP contribution in [0.4, 0.5) is 0 Å². The van der Waals surface area contributed by atoms with Crippen molar-refractivity contribution in [2.75, 3.05) is 0 Å². The SMILES string of the molecule is Cc1ccc(-n2nc(C)c3c(C)c(CCC(=O)NC(C)(C)C)c(C)nc32)cc1. The summed E-state index contributed by atoms with van der Waals surface area (Å²) in [4.78, 5) is 17.1. The Bertz CT molecular complexity index is 1020. The molecule has 1 amide bonds. The summed E-state index contributed by atoms with van der Waals surface area (Å²) in [6.45, 7) is 14.2. The second kappa shape index (κ2) is 7.38. The quantitative estimate of drug-likeness (QED) is 0.727. The van der Waals surface area contributed by atoms with E-state index in [0.29, 0.717) is 12.8 Å². The molecule has 2 heterocycles. The van der Waals surface area contributed by atoms with Crippen LogP contribution in [-0.2, 0) is 11.2 Å². The first kappa shape index (κ1) is 20.1. The highest BCUT2D eigenvalue weighted by atomic mass is 16.1. The molecule has 0 saturated carbocycles. The van der Waals surface area contributed by atoms with Gasteiger partial charge in [-0.3, -0.25) is 4.79 Å². The lowest BCUT2D eigenvalue weighted by Gasteiger charge is -2.20. The van der Waals surface area contributed by atoms with Gasteiger partial charge in [0.1, 0.15) is 0 Å². The number of amides is 1. The van der Waals surface area contributed by atoms with E-state index in [1.54, 1.807) is 0 Å². The molecule has 0 bridgehead atoms. The summed E-state index contributed by atoms with van der Waals surface area (Å²) in [5, 5.41) is 8.86. The first-order valence-electron chi connectivity index (χ1n) is 9.80. The Balaban J connectivity index is 1.98. The van der Waals surface area contributed by atoms with Crippen molar-refractivity contribution in [3.05, 3.63) is 52.3 Å². The summed E-state index contributed by atoms with van der Waals surface area (Å²) in [7, 11) is 0. The molecule has 0 saturated heterocycles. The van der Waals surface area contributed by atoms with Crippen LogP contribution in [0.15, 0.2) is 24.3 Å². The first-order valence-corrected chi connectivity index (χ1v) is 9.80. The van der Waals surface area contributed by atoms with E-state index in [1.807, 2.05) is 39.3 Å². The summed E-state index contributed by atoms with van der Waals surface area (Å²) < 4.78 is 1.92. The van der Waals surface area contributed by atoms with Crippen molar-refractivity contribution in [3.63, 3.8) is 0 Å². The van der Waals surface area contributed by atoms with Gasteiger partial charge in [0.05, 0.1) is 11.4 Å². The third-order valence-corrected chi connectivity index (χ3v) is 4.97. The topological polar surface area (TPSA) is 59.8 Å². The number of aryl methyl sites for hydroxylation is 4. The van der Waals surface area contributed by atoms with E-state index in [1.165, 1.54) is 11.1 Å². The van der Waals surface area contributed by atoms with Gasteiger partial charge in [-0.2, -0.15) is 5.10 Å². The van der Waals surface area contributed by atoms with Crippen molar-refractivity contribution in [1.29, 1.82) is 0 Å². The molecule has 28 heavy (non-hydrogen) atoms. The summed E-state index contributed by atoms with van der Waals surface area (Å²) in [6, 6.07) is 8.30. The Morgan fingerprint density at radius 3 is 2.29 bits per heavy atom. The molecule has 0 aliphatic rings. The lowest BCUT2D eigenvalue weighted by atomic mass is 9.98. The van der Waals surface area contributed by atoms with Crippen molar-refractivity contribution in [3.8, 4) is 5.69 Å². The smallest absolute Gasteiger partial charge is 0.220 e. The Kier molecular flexibility index (Phi) is 5.28. The maximum atomic E-state index is 12.3. The maximum absolute atomic E-state index is 12.3. The highest BCUT2D eigenvalue weighted by Crippen LogP contribution is 2.28. The van der Waals surface area contributed by atoms with Gasteiger partial charge in [0.25, 0.3) is 0 Å². The third kappa shape index (κ3) is 4.08. The van der Waals surface area contributed by atoms with Gasteiger partial charge < -0.3 is 5.32 Å². The van der Waals surface area contributed by atoms with E-state index >= 15 is 0 Å². The van der Waals surface area contributed by atoms with E-state index in [9.17, 15) is 4.79 Å². The fraction of sp³-hybridized carbons (Fsp3) is 0.435. The minimum absolute atomic E-state index is 0.0680. The van der Waals surface area contributed by atoms with E-state index in [2.05, 4.69) is 43.4 Å². The highest BCUT2D eigenvalue weighted by Gasteiger charge is 2.19. The van der Waals surface area contributed by atoms with Crippen LogP contribution in [0.2, 0.25) is 0 Å². The number of aromatic nitrogens is 3. The van der Waals surface area contributed by atoms with Crippen molar-refractivity contribution in [1.82, 2.24) is 20.1 Å². The average molecular weight is 379 g/mol. The van der Waals surface area contributed by atoms with Gasteiger partial charge in [0.2, 0.25) is 5.91 Å². The Hall–Kier alpha value is -2.69. The lowest BCUT2D eigenvalue weighted by Crippen LogP contribution is -2.40. The van der Waals surface area contributed by atoms with Crippen molar-refractivity contribution >= 4 is 16.9 Å². The van der Waals surface area contributed by atoms with Crippen LogP contribution < -0.4 is 5.32 Å². The number of nitrogens with one attached hydrogen (secondary N) is 1. The highest BCUT2D eigenvalue weighted by molar-refractivity contribution is 5.85. The lowest BCUT2D eigenvalue weighted by molar-refractivity contribution is -0.122. The number of fused-ring (bicyclic) bond motifs is 1. The van der Waals surface area contributed by atoms with Crippen LogP contribution in [0.3, 0.4) is 0 Å². The van der Waals surface area contributed by atoms with Gasteiger partial charge >= 0.3 is 0 Å². The largest absolute Gasteiger partial charge is 0.351 e. The zero-order chi connectivity index (χ0) is 20.6. The van der Waals surface area contributed by atoms with Crippen LogP contribution in [0, 0.1) is 27.7 Å². The minimum Gasteiger partial charge on any atom is -0.351 e. The Morgan fingerprint density at radius 1 is 1.04 bits per heavy atom. The number of hydrogen-bond acceptors (Lipinski definition) is 3. The number of rotatable bonds is 4. The fourth-order valence-corrected chi connectivity index (χ4v) is 3.66. The summed E-state index contributed by atoms with van der Waals surface area (Å²) in [5.74, 6) is 0.0680. The molecule has 5 nitrogen and oxygen atoms in total. The second-order valence-corrected chi connectivity index (χ2v) is 8.63. The summed E-state index contributed by atoms with van der Waals surface area (Å²) >= 11 is 0.